The normalized spacial score (nSPS) is 16.1. The van der Waals surface area contributed by atoms with Gasteiger partial charge in [0.05, 0.1) is 11.6 Å². The Kier molecular flexibility index (Phi) is 5.78. The Labute approximate surface area is 184 Å². The number of carbonyl (C=O) groups is 2. The number of anilines is 1. The molecule has 0 saturated carbocycles. The molecule has 0 fully saturated rings. The lowest BCUT2D eigenvalue weighted by atomic mass is 9.93. The van der Waals surface area contributed by atoms with Gasteiger partial charge in [0.1, 0.15) is 5.75 Å². The van der Waals surface area contributed by atoms with E-state index >= 15 is 0 Å². The number of aliphatic hydroxyl groups is 1. The molecule has 1 aliphatic rings. The molecule has 1 amide bonds. The standard InChI is InChI=1S/C25H20ClNO4/c26-18-9-11-19(12-10-18)27-23(17-7-13-20(28)14-8-17)22(24(30)25(27)31)21(29)15-6-16-4-2-1-3-5-16/h1-5,7-14,23,28,30H,6,15H2. The van der Waals surface area contributed by atoms with Crippen molar-refractivity contribution in [2.24, 2.45) is 0 Å². The van der Waals surface area contributed by atoms with Crippen molar-refractivity contribution in [1.82, 2.24) is 0 Å². The molecular weight excluding hydrogens is 414 g/mol. The molecule has 0 aromatic heterocycles. The van der Waals surface area contributed by atoms with Gasteiger partial charge in [-0.25, -0.2) is 0 Å². The Bertz CT molecular complexity index is 1140. The number of halogens is 1. The molecule has 1 heterocycles. The Morgan fingerprint density at radius 1 is 0.903 bits per heavy atom. The lowest BCUT2D eigenvalue weighted by Crippen LogP contribution is -2.31. The summed E-state index contributed by atoms with van der Waals surface area (Å²) in [4.78, 5) is 27.6. The first kappa shape index (κ1) is 20.7. The third-order valence-corrected chi connectivity index (χ3v) is 5.56. The maximum absolute atomic E-state index is 13.2. The molecule has 3 aromatic carbocycles. The van der Waals surface area contributed by atoms with E-state index in [0.29, 0.717) is 22.7 Å². The smallest absolute Gasteiger partial charge is 0.294 e. The number of hydrogen-bond donors (Lipinski definition) is 2. The lowest BCUT2D eigenvalue weighted by molar-refractivity contribution is -0.118. The van der Waals surface area contributed by atoms with Crippen molar-refractivity contribution in [3.05, 3.63) is 106 Å². The summed E-state index contributed by atoms with van der Waals surface area (Å²) in [7, 11) is 0. The number of carbonyl (C=O) groups excluding carboxylic acids is 2. The minimum atomic E-state index is -0.808. The monoisotopic (exact) mass is 433 g/mol. The second-order valence-electron chi connectivity index (χ2n) is 7.32. The number of aromatic hydroxyl groups is 1. The van der Waals surface area contributed by atoms with Gasteiger partial charge in [0.25, 0.3) is 5.91 Å². The van der Waals surface area contributed by atoms with Crippen molar-refractivity contribution in [2.75, 3.05) is 4.90 Å². The van der Waals surface area contributed by atoms with Crippen molar-refractivity contribution in [2.45, 2.75) is 18.9 Å². The minimum Gasteiger partial charge on any atom is -0.508 e. The molecule has 2 N–H and O–H groups in total. The predicted octanol–water partition coefficient (Wildman–Crippen LogP) is 5.15. The van der Waals surface area contributed by atoms with E-state index in [2.05, 4.69) is 0 Å². The third kappa shape index (κ3) is 4.18. The van der Waals surface area contributed by atoms with Gasteiger partial charge in [0.15, 0.2) is 11.5 Å². The average molecular weight is 434 g/mol. The SMILES string of the molecule is O=C(CCc1ccccc1)C1=C(O)C(=O)N(c2ccc(Cl)cc2)C1c1ccc(O)cc1. The fourth-order valence-electron chi connectivity index (χ4n) is 3.77. The van der Waals surface area contributed by atoms with Crippen LogP contribution in [-0.2, 0) is 16.0 Å². The summed E-state index contributed by atoms with van der Waals surface area (Å²) in [6.45, 7) is 0. The van der Waals surface area contributed by atoms with Gasteiger partial charge in [-0.15, -0.1) is 0 Å². The van der Waals surface area contributed by atoms with E-state index in [-0.39, 0.29) is 23.5 Å². The molecule has 156 valence electrons. The maximum Gasteiger partial charge on any atom is 0.294 e. The summed E-state index contributed by atoms with van der Waals surface area (Å²) < 4.78 is 0. The third-order valence-electron chi connectivity index (χ3n) is 5.31. The van der Waals surface area contributed by atoms with Gasteiger partial charge in [-0.3, -0.25) is 14.5 Å². The number of benzene rings is 3. The van der Waals surface area contributed by atoms with Crippen molar-refractivity contribution in [3.8, 4) is 5.75 Å². The van der Waals surface area contributed by atoms with Gasteiger partial charge in [0, 0.05) is 17.1 Å². The number of rotatable bonds is 6. The summed E-state index contributed by atoms with van der Waals surface area (Å²) in [6, 6.07) is 21.6. The first-order valence-electron chi connectivity index (χ1n) is 9.84. The van der Waals surface area contributed by atoms with E-state index in [1.54, 1.807) is 36.4 Å². The molecule has 5 nitrogen and oxygen atoms in total. The van der Waals surface area contributed by atoms with Gasteiger partial charge in [0.2, 0.25) is 0 Å². The van der Waals surface area contributed by atoms with Gasteiger partial charge < -0.3 is 10.2 Å². The van der Waals surface area contributed by atoms with Crippen molar-refractivity contribution < 1.29 is 19.8 Å². The van der Waals surface area contributed by atoms with Crippen molar-refractivity contribution in [3.63, 3.8) is 0 Å². The molecule has 0 aliphatic carbocycles. The number of Topliss-reactive ketones (excluding diaryl/α,β-unsaturated/α-hetero) is 1. The lowest BCUT2D eigenvalue weighted by Gasteiger charge is -2.27. The summed E-state index contributed by atoms with van der Waals surface area (Å²) in [6.07, 6.45) is 0.646. The van der Waals surface area contributed by atoms with Crippen molar-refractivity contribution >= 4 is 29.0 Å². The zero-order chi connectivity index (χ0) is 22.0. The van der Waals surface area contributed by atoms with Crippen LogP contribution in [0.25, 0.3) is 0 Å². The van der Waals surface area contributed by atoms with Crippen LogP contribution in [0.15, 0.2) is 90.2 Å². The molecule has 0 spiro atoms. The second-order valence-corrected chi connectivity index (χ2v) is 7.75. The first-order valence-corrected chi connectivity index (χ1v) is 10.2. The molecule has 31 heavy (non-hydrogen) atoms. The molecule has 6 heteroatoms. The van der Waals surface area contributed by atoms with Gasteiger partial charge in [-0.05, 0) is 53.9 Å². The van der Waals surface area contributed by atoms with Crippen LogP contribution < -0.4 is 4.90 Å². The number of phenols is 1. The zero-order valence-corrected chi connectivity index (χ0v) is 17.3. The Morgan fingerprint density at radius 3 is 2.19 bits per heavy atom. The molecular formula is C25H20ClNO4. The van der Waals surface area contributed by atoms with E-state index < -0.39 is 17.7 Å². The van der Waals surface area contributed by atoms with E-state index in [1.165, 1.54) is 17.0 Å². The number of ketones is 1. The molecule has 0 radical (unpaired) electrons. The highest BCUT2D eigenvalue weighted by Crippen LogP contribution is 2.42. The van der Waals surface area contributed by atoms with Crippen molar-refractivity contribution in [1.29, 1.82) is 0 Å². The van der Waals surface area contributed by atoms with E-state index in [1.807, 2.05) is 30.3 Å². The number of aliphatic hydroxyl groups excluding tert-OH is 1. The van der Waals surface area contributed by atoms with Crippen LogP contribution in [0.2, 0.25) is 5.02 Å². The fraction of sp³-hybridized carbons (Fsp3) is 0.120. The van der Waals surface area contributed by atoms with Crippen LogP contribution in [0.1, 0.15) is 23.6 Å². The first-order chi connectivity index (χ1) is 15.0. The maximum atomic E-state index is 13.2. The molecule has 4 rings (SSSR count). The highest BCUT2D eigenvalue weighted by Gasteiger charge is 2.44. The highest BCUT2D eigenvalue weighted by molar-refractivity contribution is 6.30. The summed E-state index contributed by atoms with van der Waals surface area (Å²) in [5.41, 5.74) is 2.16. The molecule has 0 saturated heterocycles. The minimum absolute atomic E-state index is 0.0570. The Balaban J connectivity index is 1.72. The summed E-state index contributed by atoms with van der Waals surface area (Å²) in [5.74, 6) is -1.44. The zero-order valence-electron chi connectivity index (χ0n) is 16.5. The highest BCUT2D eigenvalue weighted by atomic mass is 35.5. The van der Waals surface area contributed by atoms with Crippen LogP contribution in [0.3, 0.4) is 0 Å². The number of hydrogen-bond acceptors (Lipinski definition) is 4. The van der Waals surface area contributed by atoms with E-state index in [4.69, 9.17) is 11.6 Å². The predicted molar refractivity (Wildman–Crippen MR) is 119 cm³/mol. The van der Waals surface area contributed by atoms with Crippen LogP contribution in [0.5, 0.6) is 5.75 Å². The summed E-state index contributed by atoms with van der Waals surface area (Å²) >= 11 is 5.99. The number of nitrogens with zero attached hydrogens (tertiary/aromatic N) is 1. The Hall–Kier alpha value is -3.57. The number of aryl methyl sites for hydroxylation is 1. The average Bonchev–Trinajstić information content (AvgIpc) is 3.05. The van der Waals surface area contributed by atoms with Crippen LogP contribution in [-0.4, -0.2) is 21.9 Å². The largest absolute Gasteiger partial charge is 0.508 e. The van der Waals surface area contributed by atoms with E-state index in [0.717, 1.165) is 5.56 Å². The quantitative estimate of drug-likeness (QED) is 0.563. The van der Waals surface area contributed by atoms with Crippen LogP contribution >= 0.6 is 11.6 Å². The number of phenolic OH excluding ortho intramolecular Hbond substituents is 1. The van der Waals surface area contributed by atoms with Crippen LogP contribution in [0.4, 0.5) is 5.69 Å². The second kappa shape index (κ2) is 8.66. The molecule has 1 atom stereocenters. The molecule has 1 unspecified atom stereocenters. The topological polar surface area (TPSA) is 77.8 Å². The molecule has 3 aromatic rings. The van der Waals surface area contributed by atoms with Crippen LogP contribution in [0, 0.1) is 0 Å². The van der Waals surface area contributed by atoms with Gasteiger partial charge in [-0.2, -0.15) is 0 Å². The van der Waals surface area contributed by atoms with Gasteiger partial charge >= 0.3 is 0 Å². The molecule has 1 aliphatic heterocycles. The van der Waals surface area contributed by atoms with Gasteiger partial charge in [-0.1, -0.05) is 54.1 Å². The fourth-order valence-corrected chi connectivity index (χ4v) is 3.89. The molecule has 0 bridgehead atoms. The summed E-state index contributed by atoms with van der Waals surface area (Å²) in [5, 5.41) is 20.9. The number of amides is 1. The Morgan fingerprint density at radius 2 is 1.55 bits per heavy atom. The van der Waals surface area contributed by atoms with E-state index in [9.17, 15) is 19.8 Å².